The summed E-state index contributed by atoms with van der Waals surface area (Å²) < 4.78 is 0. The molecule has 1 amide bonds. The molecule has 3 rings (SSSR count). The minimum absolute atomic E-state index is 0. The van der Waals surface area contributed by atoms with Gasteiger partial charge in [0.2, 0.25) is 5.91 Å². The van der Waals surface area contributed by atoms with Crippen LogP contribution in [0.25, 0.3) is 0 Å². The zero-order valence-corrected chi connectivity index (χ0v) is 15.4. The molecule has 0 fully saturated rings. The van der Waals surface area contributed by atoms with Crippen LogP contribution in [0.3, 0.4) is 0 Å². The lowest BCUT2D eigenvalue weighted by molar-refractivity contribution is -0.117. The molecule has 2 aromatic rings. The van der Waals surface area contributed by atoms with E-state index in [1.807, 2.05) is 48.2 Å². The molecular formula is C19H23ClN2OS. The number of carbonyl (C=O) groups excluding carboxylic acids is 1. The van der Waals surface area contributed by atoms with E-state index in [1.54, 1.807) is 11.8 Å². The molecule has 1 heterocycles. The molecule has 0 saturated carbocycles. The van der Waals surface area contributed by atoms with Crippen molar-refractivity contribution in [1.82, 2.24) is 0 Å². The van der Waals surface area contributed by atoms with Gasteiger partial charge in [0.25, 0.3) is 0 Å². The summed E-state index contributed by atoms with van der Waals surface area (Å²) >= 11 is 1.69. The Balaban J connectivity index is 0.00000208. The van der Waals surface area contributed by atoms with Crippen LogP contribution in [0, 0.1) is 0 Å². The van der Waals surface area contributed by atoms with Crippen LogP contribution in [0.15, 0.2) is 48.5 Å². The van der Waals surface area contributed by atoms with Crippen LogP contribution >= 0.6 is 24.2 Å². The lowest BCUT2D eigenvalue weighted by atomic mass is 9.99. The van der Waals surface area contributed by atoms with E-state index in [0.717, 1.165) is 42.1 Å². The summed E-state index contributed by atoms with van der Waals surface area (Å²) in [7, 11) is 0. The van der Waals surface area contributed by atoms with E-state index in [-0.39, 0.29) is 23.6 Å². The van der Waals surface area contributed by atoms with Crippen molar-refractivity contribution >= 4 is 41.5 Å². The van der Waals surface area contributed by atoms with E-state index in [2.05, 4.69) is 12.1 Å². The molecule has 24 heavy (non-hydrogen) atoms. The van der Waals surface area contributed by atoms with Gasteiger partial charge >= 0.3 is 0 Å². The second kappa shape index (κ2) is 8.45. The van der Waals surface area contributed by atoms with Crippen molar-refractivity contribution in [3.8, 4) is 0 Å². The van der Waals surface area contributed by atoms with Crippen molar-refractivity contribution in [1.29, 1.82) is 0 Å². The number of benzene rings is 2. The Labute approximate surface area is 154 Å². The van der Waals surface area contributed by atoms with Gasteiger partial charge in [-0.1, -0.05) is 36.4 Å². The summed E-state index contributed by atoms with van der Waals surface area (Å²) in [6, 6.07) is 16.1. The molecule has 0 bridgehead atoms. The van der Waals surface area contributed by atoms with Crippen LogP contribution in [0.2, 0.25) is 0 Å². The van der Waals surface area contributed by atoms with Crippen LogP contribution in [-0.4, -0.2) is 17.7 Å². The number of carbonyl (C=O) groups is 1. The number of anilines is 2. The number of halogens is 1. The molecule has 0 aromatic heterocycles. The first-order valence-corrected chi connectivity index (χ1v) is 9.06. The monoisotopic (exact) mass is 362 g/mol. The fraction of sp³-hybridized carbons (Fsp3) is 0.316. The molecule has 128 valence electrons. The minimum Gasteiger partial charge on any atom is -0.398 e. The maximum absolute atomic E-state index is 12.9. The molecule has 5 heteroatoms. The van der Waals surface area contributed by atoms with Crippen LogP contribution in [0.1, 0.15) is 24.5 Å². The van der Waals surface area contributed by atoms with Gasteiger partial charge < -0.3 is 10.6 Å². The molecule has 1 aliphatic rings. The average Bonchev–Trinajstić information content (AvgIpc) is 2.60. The predicted octanol–water partition coefficient (Wildman–Crippen LogP) is 4.29. The lowest BCUT2D eigenvalue weighted by Gasteiger charge is -2.32. The molecule has 1 unspecified atom stereocenters. The van der Waals surface area contributed by atoms with Crippen molar-refractivity contribution in [2.24, 2.45) is 0 Å². The van der Waals surface area contributed by atoms with Gasteiger partial charge in [0.05, 0.1) is 5.25 Å². The second-order valence-electron chi connectivity index (χ2n) is 5.88. The van der Waals surface area contributed by atoms with Gasteiger partial charge in [0.15, 0.2) is 0 Å². The number of nitrogens with two attached hydrogens (primary N) is 1. The van der Waals surface area contributed by atoms with Crippen LogP contribution in [0.4, 0.5) is 11.4 Å². The first kappa shape index (κ1) is 18.7. The maximum atomic E-state index is 12.9. The Morgan fingerprint density at radius 1 is 1.21 bits per heavy atom. The molecule has 3 nitrogen and oxygen atoms in total. The molecule has 0 spiro atoms. The summed E-state index contributed by atoms with van der Waals surface area (Å²) in [5, 5.41) is -0.0670. The Bertz CT molecular complexity index is 693. The molecule has 1 aliphatic heterocycles. The van der Waals surface area contributed by atoms with E-state index in [9.17, 15) is 4.79 Å². The van der Waals surface area contributed by atoms with E-state index in [4.69, 9.17) is 5.73 Å². The smallest absolute Gasteiger partial charge is 0.239 e. The number of nitrogens with zero attached hydrogens (tertiary/aromatic N) is 1. The van der Waals surface area contributed by atoms with Crippen molar-refractivity contribution in [3.05, 3.63) is 59.7 Å². The molecule has 0 radical (unpaired) electrons. The van der Waals surface area contributed by atoms with Crippen LogP contribution in [0.5, 0.6) is 0 Å². The SMILES string of the molecule is CC(SCc1ccccc1)C(=O)N1CCCc2c(N)cccc21.Cl. The number of fused-ring (bicyclic) bond motifs is 1. The summed E-state index contributed by atoms with van der Waals surface area (Å²) in [5.74, 6) is 1.03. The van der Waals surface area contributed by atoms with E-state index in [1.165, 1.54) is 5.56 Å². The van der Waals surface area contributed by atoms with Gasteiger partial charge in [-0.05, 0) is 43.0 Å². The number of amides is 1. The number of nitrogen functional groups attached to an aromatic ring is 1. The van der Waals surface area contributed by atoms with Gasteiger partial charge in [0, 0.05) is 23.7 Å². The van der Waals surface area contributed by atoms with E-state index < -0.39 is 0 Å². The highest BCUT2D eigenvalue weighted by Crippen LogP contribution is 2.33. The van der Waals surface area contributed by atoms with Gasteiger partial charge in [-0.3, -0.25) is 4.79 Å². The zero-order chi connectivity index (χ0) is 16.2. The quantitative estimate of drug-likeness (QED) is 0.825. The minimum atomic E-state index is -0.0670. The van der Waals surface area contributed by atoms with Gasteiger partial charge in [-0.2, -0.15) is 0 Å². The third-order valence-corrected chi connectivity index (χ3v) is 5.45. The van der Waals surface area contributed by atoms with Crippen molar-refractivity contribution in [2.75, 3.05) is 17.2 Å². The Hall–Kier alpha value is -1.65. The third kappa shape index (κ3) is 4.05. The standard InChI is InChI=1S/C19H22N2OS.ClH/c1-14(23-13-15-7-3-2-4-8-15)19(22)21-12-6-9-16-17(20)10-5-11-18(16)21;/h2-5,7-8,10-11,14H,6,9,12-13,20H2,1H3;1H. The molecular weight excluding hydrogens is 340 g/mol. The predicted molar refractivity (Wildman–Crippen MR) is 106 cm³/mol. The molecule has 0 saturated heterocycles. The van der Waals surface area contributed by atoms with E-state index >= 15 is 0 Å². The Morgan fingerprint density at radius 3 is 2.71 bits per heavy atom. The first-order valence-electron chi connectivity index (χ1n) is 8.01. The number of hydrogen-bond donors (Lipinski definition) is 1. The average molecular weight is 363 g/mol. The summed E-state index contributed by atoms with van der Waals surface area (Å²) in [4.78, 5) is 14.8. The van der Waals surface area contributed by atoms with Gasteiger partial charge in [-0.25, -0.2) is 0 Å². The first-order chi connectivity index (χ1) is 11.2. The van der Waals surface area contributed by atoms with Gasteiger partial charge in [0.1, 0.15) is 0 Å². The number of rotatable bonds is 4. The Morgan fingerprint density at radius 2 is 1.96 bits per heavy atom. The van der Waals surface area contributed by atoms with Crippen LogP contribution < -0.4 is 10.6 Å². The lowest BCUT2D eigenvalue weighted by Crippen LogP contribution is -2.40. The summed E-state index contributed by atoms with van der Waals surface area (Å²) in [6.45, 7) is 2.78. The normalized spacial score (nSPS) is 14.5. The number of hydrogen-bond acceptors (Lipinski definition) is 3. The van der Waals surface area contributed by atoms with Crippen LogP contribution in [-0.2, 0) is 17.0 Å². The van der Waals surface area contributed by atoms with Crippen molar-refractivity contribution in [3.63, 3.8) is 0 Å². The summed E-state index contributed by atoms with van der Waals surface area (Å²) in [5.41, 5.74) is 10.2. The fourth-order valence-corrected chi connectivity index (χ4v) is 3.87. The molecule has 2 aromatic carbocycles. The fourth-order valence-electron chi connectivity index (χ4n) is 2.97. The topological polar surface area (TPSA) is 46.3 Å². The van der Waals surface area contributed by atoms with Gasteiger partial charge in [-0.15, -0.1) is 24.2 Å². The van der Waals surface area contributed by atoms with E-state index in [0.29, 0.717) is 0 Å². The zero-order valence-electron chi connectivity index (χ0n) is 13.8. The molecule has 2 N–H and O–H groups in total. The molecule has 0 aliphatic carbocycles. The Kier molecular flexibility index (Phi) is 6.58. The summed E-state index contributed by atoms with van der Waals surface area (Å²) in [6.07, 6.45) is 1.93. The highest BCUT2D eigenvalue weighted by molar-refractivity contribution is 7.99. The highest BCUT2D eigenvalue weighted by Gasteiger charge is 2.27. The largest absolute Gasteiger partial charge is 0.398 e. The highest BCUT2D eigenvalue weighted by atomic mass is 35.5. The maximum Gasteiger partial charge on any atom is 0.239 e. The molecule has 1 atom stereocenters. The van der Waals surface area contributed by atoms with Crippen molar-refractivity contribution < 1.29 is 4.79 Å². The second-order valence-corrected chi connectivity index (χ2v) is 7.21. The third-order valence-electron chi connectivity index (χ3n) is 4.24. The number of thioether (sulfide) groups is 1. The van der Waals surface area contributed by atoms with Crippen molar-refractivity contribution in [2.45, 2.75) is 30.8 Å².